The van der Waals surface area contributed by atoms with E-state index >= 15 is 0 Å². The molecule has 0 saturated carbocycles. The van der Waals surface area contributed by atoms with E-state index in [4.69, 9.17) is 5.84 Å². The van der Waals surface area contributed by atoms with Crippen molar-refractivity contribution in [3.63, 3.8) is 0 Å². The van der Waals surface area contributed by atoms with Crippen LogP contribution in [-0.4, -0.2) is 55.5 Å². The van der Waals surface area contributed by atoms with Gasteiger partial charge in [-0.05, 0) is 26.4 Å². The summed E-state index contributed by atoms with van der Waals surface area (Å²) >= 11 is 0. The predicted molar refractivity (Wildman–Crippen MR) is 63.6 cm³/mol. The number of hydrogen-bond acceptors (Lipinski definition) is 3. The highest BCUT2D eigenvalue weighted by atomic mass is 15.4. The van der Waals surface area contributed by atoms with Gasteiger partial charge in [-0.2, -0.15) is 0 Å². The minimum Gasteiger partial charge on any atom is -0.338 e. The minimum atomic E-state index is 0.507. The van der Waals surface area contributed by atoms with Crippen molar-refractivity contribution in [3.8, 4) is 0 Å². The van der Waals surface area contributed by atoms with Crippen LogP contribution in [0, 0.1) is 0 Å². The predicted octanol–water partition coefficient (Wildman–Crippen LogP) is -0.148. The maximum atomic E-state index is 5.48. The lowest BCUT2D eigenvalue weighted by atomic mass is 10.2. The van der Waals surface area contributed by atoms with Crippen LogP contribution in [-0.2, 0) is 0 Å². The van der Waals surface area contributed by atoms with Gasteiger partial charge in [0.25, 0.3) is 0 Å². The Hall–Kier alpha value is -0.810. The number of likely N-dealkylation sites (N-methyl/N-ethyl adjacent to an activating group) is 1. The molecule has 3 N–H and O–H groups in total. The van der Waals surface area contributed by atoms with Crippen LogP contribution in [0.2, 0.25) is 0 Å². The molecule has 1 rings (SSSR count). The summed E-state index contributed by atoms with van der Waals surface area (Å²) < 4.78 is 0. The number of hydrogen-bond donors (Lipinski definition) is 2. The maximum absolute atomic E-state index is 5.48. The van der Waals surface area contributed by atoms with Crippen LogP contribution in [0.4, 0.5) is 0 Å². The summed E-state index contributed by atoms with van der Waals surface area (Å²) in [6, 6.07) is 0.507. The Balaban J connectivity index is 2.74. The topological polar surface area (TPSA) is 56.9 Å². The van der Waals surface area contributed by atoms with Gasteiger partial charge in [0.15, 0.2) is 0 Å². The molecule has 1 saturated heterocycles. The lowest BCUT2D eigenvalue weighted by Gasteiger charge is -2.32. The Morgan fingerprint density at radius 1 is 1.53 bits per heavy atom. The van der Waals surface area contributed by atoms with Gasteiger partial charge in [-0.15, -0.1) is 0 Å². The molecule has 15 heavy (non-hydrogen) atoms. The largest absolute Gasteiger partial charge is 0.338 e. The molecule has 1 aliphatic heterocycles. The zero-order valence-corrected chi connectivity index (χ0v) is 10.0. The lowest BCUT2D eigenvalue weighted by molar-refractivity contribution is 0.259. The van der Waals surface area contributed by atoms with Crippen LogP contribution < -0.4 is 11.3 Å². The average molecular weight is 213 g/mol. The molecule has 0 aromatic heterocycles. The van der Waals surface area contributed by atoms with Crippen molar-refractivity contribution >= 4 is 5.96 Å². The fraction of sp³-hybridized carbons (Fsp3) is 0.900. The summed E-state index contributed by atoms with van der Waals surface area (Å²) in [6.07, 6.45) is 2.28. The summed E-state index contributed by atoms with van der Waals surface area (Å²) in [5.41, 5.74) is 2.69. The van der Waals surface area contributed by atoms with Crippen LogP contribution in [0.5, 0.6) is 0 Å². The quantitative estimate of drug-likeness (QED) is 0.275. The number of aliphatic imine (C=N–C) groups is 1. The molecule has 0 amide bonds. The summed E-state index contributed by atoms with van der Waals surface area (Å²) in [5, 5.41) is 0. The van der Waals surface area contributed by atoms with Crippen LogP contribution >= 0.6 is 0 Å². The standard InChI is InChI=1S/C10H23N5/c1-4-9-8-14(3)6-5-7-15(9)10(12-2)13-11/h9H,4-8,11H2,1-3H3,(H,12,13). The van der Waals surface area contributed by atoms with E-state index in [9.17, 15) is 0 Å². The van der Waals surface area contributed by atoms with Crippen molar-refractivity contribution in [3.05, 3.63) is 0 Å². The normalized spacial score (nSPS) is 25.2. The second-order valence-corrected chi connectivity index (χ2v) is 4.06. The number of rotatable bonds is 1. The molecule has 1 unspecified atom stereocenters. The van der Waals surface area contributed by atoms with E-state index < -0.39 is 0 Å². The summed E-state index contributed by atoms with van der Waals surface area (Å²) in [6.45, 7) is 5.46. The fourth-order valence-corrected chi connectivity index (χ4v) is 2.15. The molecule has 1 heterocycles. The highest BCUT2D eigenvalue weighted by Gasteiger charge is 2.23. The second kappa shape index (κ2) is 5.92. The van der Waals surface area contributed by atoms with Gasteiger partial charge in [0.1, 0.15) is 0 Å². The maximum Gasteiger partial charge on any atom is 0.208 e. The molecule has 0 bridgehead atoms. The Kier molecular flexibility index (Phi) is 4.84. The molecule has 0 spiro atoms. The van der Waals surface area contributed by atoms with Gasteiger partial charge in [0.2, 0.25) is 5.96 Å². The Bertz CT molecular complexity index is 216. The molecule has 5 heteroatoms. The zero-order valence-electron chi connectivity index (χ0n) is 10.0. The highest BCUT2D eigenvalue weighted by molar-refractivity contribution is 5.79. The third-order valence-electron chi connectivity index (χ3n) is 2.99. The van der Waals surface area contributed by atoms with E-state index in [1.165, 1.54) is 0 Å². The first-order chi connectivity index (χ1) is 7.22. The molecule has 1 fully saturated rings. The van der Waals surface area contributed by atoms with Crippen molar-refractivity contribution in [2.45, 2.75) is 25.8 Å². The fourth-order valence-electron chi connectivity index (χ4n) is 2.15. The smallest absolute Gasteiger partial charge is 0.208 e. The van der Waals surface area contributed by atoms with Crippen LogP contribution in [0.25, 0.3) is 0 Å². The first-order valence-corrected chi connectivity index (χ1v) is 5.61. The monoisotopic (exact) mass is 213 g/mol. The van der Waals surface area contributed by atoms with E-state index in [1.807, 2.05) is 0 Å². The minimum absolute atomic E-state index is 0.507. The second-order valence-electron chi connectivity index (χ2n) is 4.06. The van der Waals surface area contributed by atoms with Gasteiger partial charge in [0.05, 0.1) is 0 Å². The van der Waals surface area contributed by atoms with Crippen LogP contribution in [0.15, 0.2) is 4.99 Å². The summed E-state index contributed by atoms with van der Waals surface area (Å²) in [7, 11) is 3.95. The van der Waals surface area contributed by atoms with Gasteiger partial charge in [-0.25, -0.2) is 5.84 Å². The van der Waals surface area contributed by atoms with Crippen molar-refractivity contribution in [2.75, 3.05) is 33.7 Å². The van der Waals surface area contributed by atoms with E-state index in [-0.39, 0.29) is 0 Å². The summed E-state index contributed by atoms with van der Waals surface area (Å²) in [5.74, 6) is 6.28. The summed E-state index contributed by atoms with van der Waals surface area (Å²) in [4.78, 5) is 8.84. The number of nitrogens with zero attached hydrogens (tertiary/aromatic N) is 3. The van der Waals surface area contributed by atoms with Gasteiger partial charge in [-0.3, -0.25) is 10.4 Å². The molecule has 5 nitrogen and oxygen atoms in total. The Morgan fingerprint density at radius 2 is 2.27 bits per heavy atom. The Labute approximate surface area is 92.3 Å². The molecule has 0 aromatic carbocycles. The third kappa shape index (κ3) is 3.07. The average Bonchev–Trinajstić information content (AvgIpc) is 2.42. The number of nitrogens with one attached hydrogen (secondary N) is 1. The SMILES string of the molecule is CCC1CN(C)CCCN1C(=NC)NN. The van der Waals surface area contributed by atoms with E-state index in [0.29, 0.717) is 6.04 Å². The zero-order chi connectivity index (χ0) is 11.3. The van der Waals surface area contributed by atoms with Crippen molar-refractivity contribution in [1.29, 1.82) is 0 Å². The third-order valence-corrected chi connectivity index (χ3v) is 2.99. The van der Waals surface area contributed by atoms with Gasteiger partial charge >= 0.3 is 0 Å². The van der Waals surface area contributed by atoms with E-state index in [2.05, 4.69) is 34.2 Å². The first-order valence-electron chi connectivity index (χ1n) is 5.61. The molecule has 0 aliphatic carbocycles. The van der Waals surface area contributed by atoms with Crippen LogP contribution in [0.3, 0.4) is 0 Å². The van der Waals surface area contributed by atoms with E-state index in [0.717, 1.165) is 38.4 Å². The number of nitrogens with two attached hydrogens (primary N) is 1. The van der Waals surface area contributed by atoms with E-state index in [1.54, 1.807) is 7.05 Å². The molecule has 1 aliphatic rings. The van der Waals surface area contributed by atoms with Crippen molar-refractivity contribution in [2.24, 2.45) is 10.8 Å². The molecule has 0 aromatic rings. The molecular weight excluding hydrogens is 190 g/mol. The highest BCUT2D eigenvalue weighted by Crippen LogP contribution is 2.11. The van der Waals surface area contributed by atoms with Gasteiger partial charge in [-0.1, -0.05) is 6.92 Å². The first kappa shape index (κ1) is 12.3. The molecule has 88 valence electrons. The molecular formula is C10H23N5. The van der Waals surface area contributed by atoms with Gasteiger partial charge < -0.3 is 9.80 Å². The van der Waals surface area contributed by atoms with Gasteiger partial charge in [0, 0.05) is 26.2 Å². The molecule has 1 atom stereocenters. The number of hydrazine groups is 1. The number of guanidine groups is 1. The van der Waals surface area contributed by atoms with Crippen molar-refractivity contribution in [1.82, 2.24) is 15.2 Å². The Morgan fingerprint density at radius 3 is 2.80 bits per heavy atom. The van der Waals surface area contributed by atoms with Crippen molar-refractivity contribution < 1.29 is 0 Å². The molecule has 0 radical (unpaired) electrons. The van der Waals surface area contributed by atoms with Crippen LogP contribution in [0.1, 0.15) is 19.8 Å². The lowest BCUT2D eigenvalue weighted by Crippen LogP contribution is -2.51.